The maximum atomic E-state index is 12.8. The summed E-state index contributed by atoms with van der Waals surface area (Å²) >= 11 is 0. The molecule has 0 bridgehead atoms. The van der Waals surface area contributed by atoms with Crippen LogP contribution in [-0.4, -0.2) is 91.5 Å². The highest BCUT2D eigenvalue weighted by atomic mass is 31.3. The summed E-state index contributed by atoms with van der Waals surface area (Å²) in [5.41, 5.74) is 4.57. The molecule has 71 heavy (non-hydrogen) atoms. The van der Waals surface area contributed by atoms with Crippen LogP contribution in [0.15, 0.2) is 77.8 Å². The first-order chi connectivity index (χ1) is 34.1. The van der Waals surface area contributed by atoms with Crippen LogP contribution in [0.1, 0.15) is 168 Å². The summed E-state index contributed by atoms with van der Waals surface area (Å²) in [7, 11) is -10.9. The number of nitrogens with zero attached hydrogens (tertiary/aromatic N) is 2. The monoisotopic (exact) mass is 1040 g/mol. The predicted molar refractivity (Wildman–Crippen MR) is 271 cm³/mol. The number of phosphoric acid groups is 2. The number of phosphoric ester groups is 2. The zero-order valence-corrected chi connectivity index (χ0v) is 43.5. The molecule has 1 aliphatic heterocycles. The summed E-state index contributed by atoms with van der Waals surface area (Å²) in [6.45, 7) is 1.92. The standard InChI is InChI=1S/C50H81N3O16P2/c1-3-5-7-9-11-12-13-14-15-16-17-18-19-20-22-26-30-34-45(55)64-38-42(67-46(56)35-31-27-23-25-29-33-41(54)32-28-24-21-10-8-6-4-2)39-65-70(60,61)69-71(62,63)66-40-43-47(57)48(58)49(68-43)53-37-36-44(51)52-50(53)59/h14-15,17-18,20-22,24,28,32,36-37,42-43,47-49,57-58H,3-13,16,19,23,25-27,29-31,33-35,38-40H2,1-2H3,(H,60,61)(H,62,63)(H2,51,52,59)/b15-14-,18-17-,22-20-,24-21-,32-28+/t42-,43-,47-,48-,49-/m1/s1. The number of hydrogen-bond donors (Lipinski definition) is 5. The number of nitrogen functional groups attached to an aromatic ring is 1. The quantitative estimate of drug-likeness (QED) is 0.0102. The van der Waals surface area contributed by atoms with E-state index in [-0.39, 0.29) is 24.4 Å². The molecule has 0 aromatic carbocycles. The van der Waals surface area contributed by atoms with Crippen molar-refractivity contribution in [3.63, 3.8) is 0 Å². The fourth-order valence-electron chi connectivity index (χ4n) is 7.07. The fourth-order valence-corrected chi connectivity index (χ4v) is 9.18. The highest BCUT2D eigenvalue weighted by Crippen LogP contribution is 2.60. The first kappa shape index (κ1) is 63.2. The number of allylic oxidation sites excluding steroid dienone is 10. The van der Waals surface area contributed by atoms with E-state index in [2.05, 4.69) is 53.5 Å². The van der Waals surface area contributed by atoms with Crippen molar-refractivity contribution in [2.24, 2.45) is 0 Å². The second-order valence-electron chi connectivity index (χ2n) is 17.3. The maximum Gasteiger partial charge on any atom is 0.481 e. The van der Waals surface area contributed by atoms with Crippen LogP contribution in [0.25, 0.3) is 0 Å². The Morgan fingerprint density at radius 3 is 1.97 bits per heavy atom. The largest absolute Gasteiger partial charge is 0.481 e. The maximum absolute atomic E-state index is 12.8. The number of aromatic nitrogens is 2. The van der Waals surface area contributed by atoms with Gasteiger partial charge in [-0.15, -0.1) is 0 Å². The van der Waals surface area contributed by atoms with Crippen molar-refractivity contribution in [1.82, 2.24) is 9.55 Å². The smallest absolute Gasteiger partial charge is 0.462 e. The molecule has 0 spiro atoms. The van der Waals surface area contributed by atoms with Crippen LogP contribution in [0, 0.1) is 0 Å². The van der Waals surface area contributed by atoms with Gasteiger partial charge in [0.2, 0.25) is 0 Å². The third-order valence-corrected chi connectivity index (χ3v) is 13.7. The highest BCUT2D eigenvalue weighted by molar-refractivity contribution is 7.61. The molecule has 2 heterocycles. The van der Waals surface area contributed by atoms with Crippen LogP contribution in [0.3, 0.4) is 0 Å². The number of unbranched alkanes of at least 4 members (excludes halogenated alkanes) is 14. The Labute approximate surface area is 419 Å². The van der Waals surface area contributed by atoms with Gasteiger partial charge in [-0.25, -0.2) is 13.9 Å². The summed E-state index contributed by atoms with van der Waals surface area (Å²) in [5, 5.41) is 20.9. The Hall–Kier alpha value is -3.87. The van der Waals surface area contributed by atoms with Gasteiger partial charge in [-0.05, 0) is 76.4 Å². The molecule has 1 aliphatic rings. The molecule has 19 nitrogen and oxygen atoms in total. The summed E-state index contributed by atoms with van der Waals surface area (Å²) < 4.78 is 56.6. The Kier molecular flexibility index (Phi) is 33.7. The molecule has 2 rings (SSSR count). The van der Waals surface area contributed by atoms with Crippen LogP contribution in [0.5, 0.6) is 0 Å². The number of carbonyl (C=O) groups is 3. The van der Waals surface area contributed by atoms with Crippen molar-refractivity contribution >= 4 is 39.2 Å². The molecule has 1 aromatic rings. The van der Waals surface area contributed by atoms with Crippen LogP contribution in [0.4, 0.5) is 5.82 Å². The fraction of sp³-hybridized carbons (Fsp3) is 0.660. The van der Waals surface area contributed by atoms with Crippen LogP contribution < -0.4 is 11.4 Å². The van der Waals surface area contributed by atoms with Crippen LogP contribution in [0.2, 0.25) is 0 Å². The number of rotatable bonds is 41. The second-order valence-corrected chi connectivity index (χ2v) is 20.4. The van der Waals surface area contributed by atoms with E-state index in [0.717, 1.165) is 62.1 Å². The molecule has 21 heteroatoms. The average Bonchev–Trinajstić information content (AvgIpc) is 3.60. The average molecular weight is 1040 g/mol. The number of carbonyl (C=O) groups excluding carboxylic acids is 3. The van der Waals surface area contributed by atoms with E-state index in [4.69, 9.17) is 29.0 Å². The van der Waals surface area contributed by atoms with Gasteiger partial charge in [0.05, 0.1) is 13.2 Å². The third-order valence-electron chi connectivity index (χ3n) is 11.1. The molecule has 7 atom stereocenters. The first-order valence-corrected chi connectivity index (χ1v) is 28.2. The Morgan fingerprint density at radius 2 is 1.28 bits per heavy atom. The molecule has 1 fully saturated rings. The number of aliphatic hydroxyl groups excluding tert-OH is 2. The molecule has 402 valence electrons. The summed E-state index contributed by atoms with van der Waals surface area (Å²) in [6, 6.07) is 1.24. The van der Waals surface area contributed by atoms with Gasteiger partial charge in [0.15, 0.2) is 18.1 Å². The van der Waals surface area contributed by atoms with Gasteiger partial charge in [-0.1, -0.05) is 133 Å². The number of esters is 2. The lowest BCUT2D eigenvalue weighted by Crippen LogP contribution is -2.36. The minimum atomic E-state index is -5.46. The van der Waals surface area contributed by atoms with E-state index in [1.165, 1.54) is 51.0 Å². The number of ether oxygens (including phenoxy) is 3. The molecule has 0 radical (unpaired) electrons. The normalized spacial score (nSPS) is 19.6. The lowest BCUT2D eigenvalue weighted by atomic mass is 10.1. The summed E-state index contributed by atoms with van der Waals surface area (Å²) in [5.74, 6) is -1.42. The van der Waals surface area contributed by atoms with E-state index in [9.17, 15) is 48.3 Å². The Bertz CT molecular complexity index is 1990. The number of hydrogen-bond acceptors (Lipinski definition) is 16. The highest BCUT2D eigenvalue weighted by Gasteiger charge is 2.46. The van der Waals surface area contributed by atoms with E-state index in [1.54, 1.807) is 12.2 Å². The minimum absolute atomic E-state index is 0.0284. The zero-order valence-electron chi connectivity index (χ0n) is 41.8. The molecule has 1 aromatic heterocycles. The summed E-state index contributed by atoms with van der Waals surface area (Å²) in [6.07, 6.45) is 32.8. The SMILES string of the molecule is CCCCC/C=C\C=C\C(=O)CCCCCCCC(=O)O[C@H](COC(=O)CCC/C=C\C/C=C\C/C=C\CCCCCCCC)COP(=O)(O)OP(=O)(O)OC[C@H]1O[C@@H](n2ccc(N)nc2=O)[C@H](O)[C@@H]1O. The Balaban J connectivity index is 1.85. The molecular formula is C50H81N3O16P2. The van der Waals surface area contributed by atoms with Gasteiger partial charge in [0.25, 0.3) is 0 Å². The first-order valence-electron chi connectivity index (χ1n) is 25.3. The van der Waals surface area contributed by atoms with Gasteiger partial charge < -0.3 is 39.9 Å². The Morgan fingerprint density at radius 1 is 0.718 bits per heavy atom. The number of nitrogens with two attached hydrogens (primary N) is 1. The van der Waals surface area contributed by atoms with Crippen molar-refractivity contribution in [2.45, 2.75) is 192 Å². The molecular weight excluding hydrogens is 961 g/mol. The van der Waals surface area contributed by atoms with Gasteiger partial charge in [0, 0.05) is 25.5 Å². The minimum Gasteiger partial charge on any atom is -0.462 e. The second kappa shape index (κ2) is 37.8. The predicted octanol–water partition coefficient (Wildman–Crippen LogP) is 9.51. The molecule has 0 saturated carbocycles. The van der Waals surface area contributed by atoms with E-state index in [0.29, 0.717) is 38.5 Å². The van der Waals surface area contributed by atoms with Crippen molar-refractivity contribution in [3.8, 4) is 0 Å². The molecule has 2 unspecified atom stereocenters. The van der Waals surface area contributed by atoms with Crippen molar-refractivity contribution in [2.75, 3.05) is 25.6 Å². The van der Waals surface area contributed by atoms with Crippen LogP contribution >= 0.6 is 15.6 Å². The summed E-state index contributed by atoms with van der Waals surface area (Å²) in [4.78, 5) is 74.0. The van der Waals surface area contributed by atoms with E-state index < -0.39 is 83.7 Å². The molecule has 1 saturated heterocycles. The topological polar surface area (TPSA) is 283 Å². The number of ketones is 1. The number of aliphatic hydroxyl groups is 2. The van der Waals surface area contributed by atoms with Crippen molar-refractivity contribution in [1.29, 1.82) is 0 Å². The lowest BCUT2D eigenvalue weighted by Gasteiger charge is -2.21. The van der Waals surface area contributed by atoms with Crippen molar-refractivity contribution in [3.05, 3.63) is 83.5 Å². The molecule has 0 aliphatic carbocycles. The van der Waals surface area contributed by atoms with Gasteiger partial charge in [0.1, 0.15) is 30.7 Å². The van der Waals surface area contributed by atoms with Gasteiger partial charge in [-0.2, -0.15) is 9.29 Å². The van der Waals surface area contributed by atoms with Gasteiger partial charge in [-0.3, -0.25) is 28.0 Å². The van der Waals surface area contributed by atoms with Gasteiger partial charge >= 0.3 is 33.3 Å². The molecule has 6 N–H and O–H groups in total. The van der Waals surface area contributed by atoms with E-state index >= 15 is 0 Å². The third kappa shape index (κ3) is 30.7. The lowest BCUT2D eigenvalue weighted by molar-refractivity contribution is -0.161. The zero-order chi connectivity index (χ0) is 52.2. The molecule has 0 amide bonds. The van der Waals surface area contributed by atoms with Crippen LogP contribution in [-0.2, 0) is 51.1 Å². The van der Waals surface area contributed by atoms with Crippen molar-refractivity contribution < 1.29 is 71.1 Å². The number of anilines is 1. The van der Waals surface area contributed by atoms with E-state index in [1.807, 2.05) is 18.2 Å².